The Balaban J connectivity index is 1.89. The second-order valence-electron chi connectivity index (χ2n) is 6.47. The molecule has 0 unspecified atom stereocenters. The largest absolute Gasteiger partial charge is 0.444 e. The number of ether oxygens (including phenoxy) is 1. The molecule has 122 valence electrons. The zero-order valence-corrected chi connectivity index (χ0v) is 14.2. The van der Waals surface area contributed by atoms with Crippen LogP contribution < -0.4 is 5.32 Å². The van der Waals surface area contributed by atoms with Crippen LogP contribution in [0.3, 0.4) is 0 Å². The molecule has 1 aromatic heterocycles. The van der Waals surface area contributed by atoms with Gasteiger partial charge in [0.15, 0.2) is 0 Å². The first-order valence-electron chi connectivity index (χ1n) is 7.84. The number of aromatic nitrogens is 1. The highest BCUT2D eigenvalue weighted by atomic mass is 16.6. The third-order valence-electron chi connectivity index (χ3n) is 3.35. The average molecular weight is 312 g/mol. The number of hydrogen-bond acceptors (Lipinski definition) is 3. The minimum atomic E-state index is -0.463. The molecule has 0 bridgehead atoms. The number of carbonyl (C=O) groups excluding carboxylic acids is 1. The second kappa shape index (κ2) is 7.27. The monoisotopic (exact) mass is 312 g/mol. The summed E-state index contributed by atoms with van der Waals surface area (Å²) in [6.07, 6.45) is 6.30. The third kappa shape index (κ3) is 5.09. The number of rotatable bonds is 4. The van der Waals surface area contributed by atoms with E-state index in [-0.39, 0.29) is 6.09 Å². The smallest absolute Gasteiger partial charge is 0.407 e. The minimum absolute atomic E-state index is 0.378. The normalized spacial score (nSPS) is 11.8. The summed E-state index contributed by atoms with van der Waals surface area (Å²) in [5, 5.41) is 3.89. The Morgan fingerprint density at radius 1 is 1.30 bits per heavy atom. The van der Waals surface area contributed by atoms with E-state index in [2.05, 4.69) is 47.6 Å². The number of aryl methyl sites for hydroxylation is 1. The Hall–Kier alpha value is -2.36. The van der Waals surface area contributed by atoms with Crippen molar-refractivity contribution in [1.29, 1.82) is 0 Å². The summed E-state index contributed by atoms with van der Waals surface area (Å²) in [6, 6.07) is 8.18. The van der Waals surface area contributed by atoms with Crippen LogP contribution in [0.5, 0.6) is 0 Å². The molecule has 4 heteroatoms. The third-order valence-corrected chi connectivity index (χ3v) is 3.35. The van der Waals surface area contributed by atoms with Gasteiger partial charge < -0.3 is 10.1 Å². The molecule has 0 saturated heterocycles. The van der Waals surface area contributed by atoms with Crippen molar-refractivity contribution in [3.8, 4) is 0 Å². The highest BCUT2D eigenvalue weighted by Gasteiger charge is 2.15. The van der Waals surface area contributed by atoms with Gasteiger partial charge in [-0.05, 0) is 51.3 Å². The highest BCUT2D eigenvalue weighted by molar-refractivity contribution is 5.84. The Bertz CT molecular complexity index is 715. The van der Waals surface area contributed by atoms with Gasteiger partial charge in [-0.3, -0.25) is 4.98 Å². The van der Waals surface area contributed by atoms with E-state index in [1.54, 1.807) is 0 Å². The van der Waals surface area contributed by atoms with Crippen LogP contribution in [0.2, 0.25) is 0 Å². The summed E-state index contributed by atoms with van der Waals surface area (Å²) in [4.78, 5) is 16.0. The molecular formula is C19H24N2O2. The van der Waals surface area contributed by atoms with Crippen LogP contribution >= 0.6 is 0 Å². The molecule has 1 amide bonds. The molecule has 0 fully saturated rings. The van der Waals surface area contributed by atoms with Gasteiger partial charge in [0.25, 0.3) is 0 Å². The maximum absolute atomic E-state index is 11.5. The van der Waals surface area contributed by atoms with Gasteiger partial charge in [-0.1, -0.05) is 30.4 Å². The molecule has 23 heavy (non-hydrogen) atoms. The number of carbonyl (C=O) groups is 1. The molecule has 4 nitrogen and oxygen atoms in total. The number of hydrogen-bond donors (Lipinski definition) is 1. The Morgan fingerprint density at radius 2 is 2.09 bits per heavy atom. The standard InChI is InChI=1S/C19H24N2O2/c1-14-15(10-11-16-9-7-13-20-17(14)16)8-5-6-12-21-18(22)23-19(2,3)4/h5,7-11,13H,6,12H2,1-4H3,(H,21,22). The number of nitrogens with one attached hydrogen (secondary N) is 1. The molecule has 0 spiro atoms. The zero-order chi connectivity index (χ0) is 16.9. The molecule has 0 radical (unpaired) electrons. The van der Waals surface area contributed by atoms with Crippen molar-refractivity contribution in [2.45, 2.75) is 39.7 Å². The van der Waals surface area contributed by atoms with Crippen molar-refractivity contribution in [3.05, 3.63) is 47.7 Å². The van der Waals surface area contributed by atoms with E-state index >= 15 is 0 Å². The fraction of sp³-hybridized carbons (Fsp3) is 0.368. The van der Waals surface area contributed by atoms with Crippen molar-refractivity contribution in [2.24, 2.45) is 0 Å². The number of fused-ring (bicyclic) bond motifs is 1. The summed E-state index contributed by atoms with van der Waals surface area (Å²) >= 11 is 0. The topological polar surface area (TPSA) is 51.2 Å². The van der Waals surface area contributed by atoms with Gasteiger partial charge in [-0.2, -0.15) is 0 Å². The molecule has 1 aromatic carbocycles. The molecule has 1 N–H and O–H groups in total. The summed E-state index contributed by atoms with van der Waals surface area (Å²) in [5.74, 6) is 0. The predicted octanol–water partition coefficient (Wildman–Crippen LogP) is 4.47. The van der Waals surface area contributed by atoms with Crippen LogP contribution in [0.25, 0.3) is 17.0 Å². The van der Waals surface area contributed by atoms with Gasteiger partial charge in [-0.25, -0.2) is 4.79 Å². The number of amides is 1. The van der Waals surface area contributed by atoms with Crippen LogP contribution in [-0.4, -0.2) is 23.2 Å². The first kappa shape index (κ1) is 17.0. The number of alkyl carbamates (subject to hydrolysis) is 1. The van der Waals surface area contributed by atoms with Crippen molar-refractivity contribution in [2.75, 3.05) is 6.54 Å². The maximum Gasteiger partial charge on any atom is 0.407 e. The quantitative estimate of drug-likeness (QED) is 0.847. The van der Waals surface area contributed by atoms with E-state index < -0.39 is 5.60 Å². The Labute approximate surface area is 137 Å². The van der Waals surface area contributed by atoms with Gasteiger partial charge >= 0.3 is 6.09 Å². The summed E-state index contributed by atoms with van der Waals surface area (Å²) in [6.45, 7) is 8.18. The molecule has 0 aliphatic rings. The molecule has 1 heterocycles. The van der Waals surface area contributed by atoms with E-state index in [1.165, 1.54) is 5.56 Å². The number of nitrogens with zero attached hydrogens (tertiary/aromatic N) is 1. The first-order valence-corrected chi connectivity index (χ1v) is 7.84. The lowest BCUT2D eigenvalue weighted by molar-refractivity contribution is 0.0529. The van der Waals surface area contributed by atoms with Crippen molar-refractivity contribution in [3.63, 3.8) is 0 Å². The predicted molar refractivity (Wildman–Crippen MR) is 94.4 cm³/mol. The van der Waals surface area contributed by atoms with Crippen molar-refractivity contribution in [1.82, 2.24) is 10.3 Å². The van der Waals surface area contributed by atoms with Gasteiger partial charge in [0, 0.05) is 18.1 Å². The lowest BCUT2D eigenvalue weighted by atomic mass is 10.0. The number of pyridine rings is 1. The fourth-order valence-corrected chi connectivity index (χ4v) is 2.27. The van der Waals surface area contributed by atoms with Gasteiger partial charge in [0.2, 0.25) is 0 Å². The SMILES string of the molecule is Cc1c(C=CCCNC(=O)OC(C)(C)C)ccc2cccnc12. The Kier molecular flexibility index (Phi) is 5.37. The summed E-state index contributed by atoms with van der Waals surface area (Å²) in [5.41, 5.74) is 2.88. The van der Waals surface area contributed by atoms with Crippen molar-refractivity contribution < 1.29 is 9.53 Å². The molecule has 0 aliphatic carbocycles. The lowest BCUT2D eigenvalue weighted by Crippen LogP contribution is -2.32. The van der Waals surface area contributed by atoms with Crippen LogP contribution in [0, 0.1) is 6.92 Å². The van der Waals surface area contributed by atoms with E-state index in [0.29, 0.717) is 6.54 Å². The van der Waals surface area contributed by atoms with E-state index in [1.807, 2.05) is 33.0 Å². The molecular weight excluding hydrogens is 288 g/mol. The average Bonchev–Trinajstić information content (AvgIpc) is 2.47. The molecule has 2 aromatic rings. The fourth-order valence-electron chi connectivity index (χ4n) is 2.27. The van der Waals surface area contributed by atoms with Crippen LogP contribution in [-0.2, 0) is 4.74 Å². The summed E-state index contributed by atoms with van der Waals surface area (Å²) < 4.78 is 5.19. The first-order chi connectivity index (χ1) is 10.9. The van der Waals surface area contributed by atoms with Gasteiger partial charge in [0.1, 0.15) is 5.60 Å². The van der Waals surface area contributed by atoms with Gasteiger partial charge in [-0.15, -0.1) is 0 Å². The molecule has 2 rings (SSSR count). The zero-order valence-electron chi connectivity index (χ0n) is 14.2. The second-order valence-corrected chi connectivity index (χ2v) is 6.47. The maximum atomic E-state index is 11.5. The highest BCUT2D eigenvalue weighted by Crippen LogP contribution is 2.20. The minimum Gasteiger partial charge on any atom is -0.444 e. The Morgan fingerprint density at radius 3 is 2.83 bits per heavy atom. The number of benzene rings is 1. The van der Waals surface area contributed by atoms with E-state index in [9.17, 15) is 4.79 Å². The van der Waals surface area contributed by atoms with Crippen LogP contribution in [0.15, 0.2) is 36.5 Å². The van der Waals surface area contributed by atoms with Crippen LogP contribution in [0.4, 0.5) is 4.79 Å². The molecule has 0 atom stereocenters. The van der Waals surface area contributed by atoms with Gasteiger partial charge in [0.05, 0.1) is 5.52 Å². The van der Waals surface area contributed by atoms with Crippen LogP contribution in [0.1, 0.15) is 38.3 Å². The molecule has 0 saturated carbocycles. The van der Waals surface area contributed by atoms with E-state index in [4.69, 9.17) is 4.74 Å². The summed E-state index contributed by atoms with van der Waals surface area (Å²) in [7, 11) is 0. The lowest BCUT2D eigenvalue weighted by Gasteiger charge is -2.19. The molecule has 0 aliphatic heterocycles. The van der Waals surface area contributed by atoms with Crippen molar-refractivity contribution >= 4 is 23.1 Å². The van der Waals surface area contributed by atoms with E-state index in [0.717, 1.165) is 22.9 Å².